The molecule has 2 aromatic rings. The number of ether oxygens (including phenoxy) is 1. The van der Waals surface area contributed by atoms with E-state index >= 15 is 0 Å². The number of aromatic nitrogens is 1. The lowest BCUT2D eigenvalue weighted by atomic mass is 9.97. The van der Waals surface area contributed by atoms with Crippen molar-refractivity contribution in [1.29, 1.82) is 0 Å². The van der Waals surface area contributed by atoms with Crippen LogP contribution in [0.5, 0.6) is 5.75 Å². The molecule has 118 valence electrons. The number of aryl methyl sites for hydroxylation is 2. The molecule has 3 rings (SSSR count). The van der Waals surface area contributed by atoms with Gasteiger partial charge in [-0.05, 0) is 67.2 Å². The molecule has 3 heteroatoms. The van der Waals surface area contributed by atoms with Gasteiger partial charge < -0.3 is 4.74 Å². The van der Waals surface area contributed by atoms with Gasteiger partial charge in [-0.2, -0.15) is 0 Å². The molecule has 0 spiro atoms. The molecule has 23 heavy (non-hydrogen) atoms. The lowest BCUT2D eigenvalue weighted by Crippen LogP contribution is -2.10. The summed E-state index contributed by atoms with van der Waals surface area (Å²) < 4.78 is 5.59. The molecule has 1 aliphatic rings. The Kier molecular flexibility index (Phi) is 4.56. The van der Waals surface area contributed by atoms with Crippen LogP contribution in [0, 0.1) is 6.92 Å². The third-order valence-corrected chi connectivity index (χ3v) is 4.23. The van der Waals surface area contributed by atoms with E-state index in [1.165, 1.54) is 0 Å². The van der Waals surface area contributed by atoms with E-state index in [2.05, 4.69) is 11.6 Å². The number of benzene rings is 1. The summed E-state index contributed by atoms with van der Waals surface area (Å²) in [5.74, 6) is 1.06. The largest absolute Gasteiger partial charge is 0.493 e. The molecule has 0 atom stereocenters. The molecule has 0 N–H and O–H groups in total. The van der Waals surface area contributed by atoms with Crippen molar-refractivity contribution in [2.45, 2.75) is 32.6 Å². The molecule has 0 bridgehead atoms. The Labute approximate surface area is 137 Å². The van der Waals surface area contributed by atoms with Gasteiger partial charge >= 0.3 is 0 Å². The van der Waals surface area contributed by atoms with Gasteiger partial charge in [-0.25, -0.2) is 0 Å². The molecular weight excluding hydrogens is 286 g/mol. The fourth-order valence-corrected chi connectivity index (χ4v) is 2.92. The number of carbonyl (C=O) groups excluding carboxylic acids is 1. The van der Waals surface area contributed by atoms with Crippen LogP contribution >= 0.6 is 0 Å². The molecule has 0 unspecified atom stereocenters. The molecule has 1 aliphatic heterocycles. The standard InChI is InChI=1S/C20H21NO2/c1-14-5-3-11-21-20(14)15(2)7-9-18(22)16-8-10-19-17(13-16)6-4-12-23-19/h3,5,8,10-11,13H,2,4,6-7,9,12H2,1H3. The molecule has 1 aromatic heterocycles. The van der Waals surface area contributed by atoms with E-state index in [0.717, 1.165) is 53.2 Å². The number of allylic oxidation sites excluding steroid dienone is 1. The van der Waals surface area contributed by atoms with Crippen molar-refractivity contribution in [3.63, 3.8) is 0 Å². The van der Waals surface area contributed by atoms with E-state index in [0.29, 0.717) is 12.8 Å². The van der Waals surface area contributed by atoms with Gasteiger partial charge in [0.1, 0.15) is 5.75 Å². The third-order valence-electron chi connectivity index (χ3n) is 4.23. The number of hydrogen-bond donors (Lipinski definition) is 0. The average molecular weight is 307 g/mol. The lowest BCUT2D eigenvalue weighted by molar-refractivity contribution is 0.0984. The molecule has 0 saturated heterocycles. The summed E-state index contributed by atoms with van der Waals surface area (Å²) in [7, 11) is 0. The fraction of sp³-hybridized carbons (Fsp3) is 0.300. The van der Waals surface area contributed by atoms with Gasteiger partial charge in [0.15, 0.2) is 5.78 Å². The van der Waals surface area contributed by atoms with Crippen LogP contribution in [0.2, 0.25) is 0 Å². The minimum atomic E-state index is 0.146. The van der Waals surface area contributed by atoms with Crippen LogP contribution in [0.25, 0.3) is 5.57 Å². The summed E-state index contributed by atoms with van der Waals surface area (Å²) in [5, 5.41) is 0. The maximum absolute atomic E-state index is 12.4. The van der Waals surface area contributed by atoms with E-state index in [1.54, 1.807) is 6.20 Å². The Bertz CT molecular complexity index is 749. The second kappa shape index (κ2) is 6.78. The smallest absolute Gasteiger partial charge is 0.163 e. The minimum absolute atomic E-state index is 0.146. The van der Waals surface area contributed by atoms with Crippen LogP contribution in [0.15, 0.2) is 43.1 Å². The highest BCUT2D eigenvalue weighted by Crippen LogP contribution is 2.27. The summed E-state index contributed by atoms with van der Waals surface area (Å²) >= 11 is 0. The Morgan fingerprint density at radius 3 is 3.00 bits per heavy atom. The minimum Gasteiger partial charge on any atom is -0.493 e. The van der Waals surface area contributed by atoms with Crippen molar-refractivity contribution in [2.75, 3.05) is 6.61 Å². The summed E-state index contributed by atoms with van der Waals surface area (Å²) in [6, 6.07) is 9.68. The van der Waals surface area contributed by atoms with Crippen molar-refractivity contribution in [1.82, 2.24) is 4.98 Å². The van der Waals surface area contributed by atoms with Crippen LogP contribution in [-0.2, 0) is 6.42 Å². The number of carbonyl (C=O) groups is 1. The lowest BCUT2D eigenvalue weighted by Gasteiger charge is -2.17. The number of hydrogen-bond acceptors (Lipinski definition) is 3. The quantitative estimate of drug-likeness (QED) is 0.769. The zero-order valence-electron chi connectivity index (χ0n) is 13.5. The molecule has 0 saturated carbocycles. The molecule has 0 radical (unpaired) electrons. The number of pyridine rings is 1. The van der Waals surface area contributed by atoms with Crippen molar-refractivity contribution in [3.05, 3.63) is 65.5 Å². The highest BCUT2D eigenvalue weighted by Gasteiger charge is 2.14. The van der Waals surface area contributed by atoms with Gasteiger partial charge in [0.2, 0.25) is 0 Å². The summed E-state index contributed by atoms with van der Waals surface area (Å²) in [6.45, 7) is 6.87. The number of Topliss-reactive ketones (excluding diaryl/α,β-unsaturated/α-hetero) is 1. The first-order chi connectivity index (χ1) is 11.1. The number of fused-ring (bicyclic) bond motifs is 1. The molecule has 0 aliphatic carbocycles. The van der Waals surface area contributed by atoms with Gasteiger partial charge in [-0.3, -0.25) is 9.78 Å². The van der Waals surface area contributed by atoms with E-state index in [-0.39, 0.29) is 5.78 Å². The summed E-state index contributed by atoms with van der Waals surface area (Å²) in [4.78, 5) is 16.8. The Morgan fingerprint density at radius 1 is 1.30 bits per heavy atom. The zero-order valence-corrected chi connectivity index (χ0v) is 13.5. The SMILES string of the molecule is C=C(CCC(=O)c1ccc2c(c1)CCCO2)c1ncccc1C. The normalized spacial score (nSPS) is 13.1. The van der Waals surface area contributed by atoms with Gasteiger partial charge in [0.25, 0.3) is 0 Å². The Hall–Kier alpha value is -2.42. The maximum Gasteiger partial charge on any atom is 0.163 e. The second-order valence-corrected chi connectivity index (χ2v) is 5.97. The number of nitrogens with zero attached hydrogens (tertiary/aromatic N) is 1. The Balaban J connectivity index is 1.66. The summed E-state index contributed by atoms with van der Waals surface area (Å²) in [5.41, 5.74) is 4.81. The predicted molar refractivity (Wildman–Crippen MR) is 91.8 cm³/mol. The van der Waals surface area contributed by atoms with E-state index in [4.69, 9.17) is 4.74 Å². The monoisotopic (exact) mass is 307 g/mol. The molecule has 0 fully saturated rings. The first kappa shape index (κ1) is 15.5. The van der Waals surface area contributed by atoms with Gasteiger partial charge in [0.05, 0.1) is 12.3 Å². The molecule has 2 heterocycles. The summed E-state index contributed by atoms with van der Waals surface area (Å²) in [6.07, 6.45) is 4.84. The van der Waals surface area contributed by atoms with Crippen molar-refractivity contribution in [2.24, 2.45) is 0 Å². The van der Waals surface area contributed by atoms with E-state index in [1.807, 2.05) is 37.3 Å². The average Bonchev–Trinajstić information content (AvgIpc) is 2.59. The molecule has 1 aromatic carbocycles. The maximum atomic E-state index is 12.4. The Morgan fingerprint density at radius 2 is 2.17 bits per heavy atom. The van der Waals surface area contributed by atoms with Crippen LogP contribution in [0.4, 0.5) is 0 Å². The molecule has 3 nitrogen and oxygen atoms in total. The predicted octanol–water partition coefficient (Wildman–Crippen LogP) is 4.39. The van der Waals surface area contributed by atoms with Crippen LogP contribution in [0.3, 0.4) is 0 Å². The van der Waals surface area contributed by atoms with Crippen molar-refractivity contribution >= 4 is 11.4 Å². The van der Waals surface area contributed by atoms with Gasteiger partial charge in [-0.15, -0.1) is 0 Å². The molecule has 0 amide bonds. The number of ketones is 1. The highest BCUT2D eigenvalue weighted by atomic mass is 16.5. The third kappa shape index (κ3) is 3.50. The van der Waals surface area contributed by atoms with Crippen molar-refractivity contribution in [3.8, 4) is 5.75 Å². The van der Waals surface area contributed by atoms with E-state index in [9.17, 15) is 4.79 Å². The van der Waals surface area contributed by atoms with Gasteiger partial charge in [0, 0.05) is 18.2 Å². The van der Waals surface area contributed by atoms with Gasteiger partial charge in [-0.1, -0.05) is 12.6 Å². The zero-order chi connectivity index (χ0) is 16.2. The second-order valence-electron chi connectivity index (χ2n) is 5.97. The van der Waals surface area contributed by atoms with E-state index < -0.39 is 0 Å². The topological polar surface area (TPSA) is 39.2 Å². The first-order valence-corrected chi connectivity index (χ1v) is 8.04. The fourth-order valence-electron chi connectivity index (χ4n) is 2.92. The van der Waals surface area contributed by atoms with Crippen molar-refractivity contribution < 1.29 is 9.53 Å². The van der Waals surface area contributed by atoms with Crippen LogP contribution in [0.1, 0.15) is 46.4 Å². The van der Waals surface area contributed by atoms with Crippen LogP contribution < -0.4 is 4.74 Å². The molecular formula is C20H21NO2. The van der Waals surface area contributed by atoms with Crippen LogP contribution in [-0.4, -0.2) is 17.4 Å². The highest BCUT2D eigenvalue weighted by molar-refractivity contribution is 5.97. The number of rotatable bonds is 5. The first-order valence-electron chi connectivity index (χ1n) is 8.04.